The molecule has 54 heavy (non-hydrogen) atoms. The molecule has 1 fully saturated rings. The Morgan fingerprint density at radius 1 is 1.00 bits per heavy atom. The summed E-state index contributed by atoms with van der Waals surface area (Å²) in [5.41, 5.74) is 2.97. The molecule has 15 heteroatoms. The number of carbonyl (C=O) groups excluding carboxylic acids is 1. The number of rotatable bonds is 8. The Kier molecular flexibility index (Phi) is 10.5. The Balaban J connectivity index is 1.32. The number of nitrogens with zero attached hydrogens (tertiary/aromatic N) is 5. The zero-order chi connectivity index (χ0) is 39.1. The number of imidazole rings is 1. The Hall–Kier alpha value is -5.46. The monoisotopic (exact) mass is 760 g/mol. The van der Waals surface area contributed by atoms with Crippen LogP contribution < -0.4 is 11.0 Å². The van der Waals surface area contributed by atoms with Gasteiger partial charge in [-0.25, -0.2) is 18.8 Å². The van der Waals surface area contributed by atoms with Crippen LogP contribution in [-0.2, 0) is 29.1 Å². The van der Waals surface area contributed by atoms with E-state index in [4.69, 9.17) is 0 Å². The number of aromatic nitrogens is 4. The minimum atomic E-state index is -4.67. The quantitative estimate of drug-likeness (QED) is 0.156. The van der Waals surface area contributed by atoms with Gasteiger partial charge in [0, 0.05) is 6.04 Å². The summed E-state index contributed by atoms with van der Waals surface area (Å²) in [7, 11) is -4.41. The van der Waals surface area contributed by atoms with E-state index in [1.54, 1.807) is 50.2 Å². The molecule has 1 aliphatic carbocycles. The number of carbonyl (C=O) groups is 1. The van der Waals surface area contributed by atoms with Crippen LogP contribution in [0.25, 0.3) is 22.8 Å². The second-order valence-electron chi connectivity index (χ2n) is 13.7. The van der Waals surface area contributed by atoms with Gasteiger partial charge in [-0.3, -0.25) is 9.12 Å². The highest BCUT2D eigenvalue weighted by Gasteiger charge is 2.33. The smallest absolute Gasteiger partial charge is 0.335 e. The number of halogens is 3. The number of amides is 1. The highest BCUT2D eigenvalue weighted by molar-refractivity contribution is 7.85. The van der Waals surface area contributed by atoms with Crippen LogP contribution in [0.4, 0.5) is 18.0 Å². The summed E-state index contributed by atoms with van der Waals surface area (Å²) in [6.45, 7) is 7.09. The first-order valence-corrected chi connectivity index (χ1v) is 18.9. The molecule has 282 valence electrons. The molecule has 0 atom stereocenters. The Bertz CT molecular complexity index is 2450. The van der Waals surface area contributed by atoms with Gasteiger partial charge in [0.05, 0.1) is 51.1 Å². The third-order valence-electron chi connectivity index (χ3n) is 10.4. The second kappa shape index (κ2) is 14.8. The third kappa shape index (κ3) is 7.36. The molecule has 11 nitrogen and oxygen atoms in total. The van der Waals surface area contributed by atoms with E-state index >= 15 is 0 Å². The molecule has 1 aliphatic rings. The van der Waals surface area contributed by atoms with Crippen LogP contribution >= 0.6 is 0 Å². The third-order valence-corrected chi connectivity index (χ3v) is 11.4. The van der Waals surface area contributed by atoms with Crippen molar-refractivity contribution >= 4 is 16.1 Å². The van der Waals surface area contributed by atoms with E-state index in [1.807, 2.05) is 13.8 Å². The van der Waals surface area contributed by atoms with Gasteiger partial charge in [-0.1, -0.05) is 13.0 Å². The number of alkyl halides is 3. The van der Waals surface area contributed by atoms with Crippen LogP contribution in [0.5, 0.6) is 0 Å². The van der Waals surface area contributed by atoms with Crippen molar-refractivity contribution in [1.82, 2.24) is 24.2 Å². The highest BCUT2D eigenvalue weighted by Crippen LogP contribution is 2.34. The van der Waals surface area contributed by atoms with Crippen LogP contribution in [-0.4, -0.2) is 44.0 Å². The van der Waals surface area contributed by atoms with Gasteiger partial charge in [0.1, 0.15) is 5.69 Å². The van der Waals surface area contributed by atoms with Gasteiger partial charge in [0.25, 0.3) is 10.1 Å². The molecule has 2 aromatic heterocycles. The summed E-state index contributed by atoms with van der Waals surface area (Å²) >= 11 is 0. The van der Waals surface area contributed by atoms with E-state index in [0.29, 0.717) is 61.0 Å². The van der Waals surface area contributed by atoms with Crippen molar-refractivity contribution < 1.29 is 30.9 Å². The first-order chi connectivity index (χ1) is 25.5. The molecule has 2 heterocycles. The minimum absolute atomic E-state index is 0.0694. The molecule has 0 saturated heterocycles. The standard InChI is InChI=1S/C39H39F3N6O5S/c1-5-33-23(2)24(3)35(54(51,52)53)20-28(33)19-26-9-13-30(14-10-26)45-37(49)47-36(34-17-18-44-48(34)31-15-11-27(22-43)12-16-31)25(4)46(38(47)50)32-8-6-7-29(21-32)39(40,41)42/h6-8,11-12,15-18,20-21,26,30H,5,9-10,13-14,19H2,1-4H3,(H,45,49)(H,51,52,53). The summed E-state index contributed by atoms with van der Waals surface area (Å²) in [6.07, 6.45) is 0.608. The van der Waals surface area contributed by atoms with Crippen LogP contribution in [0.3, 0.4) is 0 Å². The maximum absolute atomic E-state index is 14.2. The van der Waals surface area contributed by atoms with E-state index in [9.17, 15) is 41.0 Å². The molecule has 5 aromatic rings. The SMILES string of the molecule is CCc1c(CC2CCC(NC(=O)n3c(-c4ccnn4-c4ccc(C#N)cc4)c(C)n(-c4cccc(C(F)(F)F)c4)c3=O)CC2)cc(S(=O)(=O)O)c(C)c1C. The van der Waals surface area contributed by atoms with Crippen LogP contribution in [0.15, 0.2) is 76.6 Å². The fraction of sp³-hybridized carbons (Fsp3) is 0.333. The lowest BCUT2D eigenvalue weighted by Gasteiger charge is -2.30. The zero-order valence-corrected chi connectivity index (χ0v) is 30.9. The van der Waals surface area contributed by atoms with Gasteiger partial charge in [0.2, 0.25) is 0 Å². The summed E-state index contributed by atoms with van der Waals surface area (Å²) in [5.74, 6) is 0.170. The fourth-order valence-electron chi connectivity index (χ4n) is 7.60. The van der Waals surface area contributed by atoms with Crippen LogP contribution in [0.1, 0.15) is 71.7 Å². The maximum Gasteiger partial charge on any atom is 0.416 e. The largest absolute Gasteiger partial charge is 0.416 e. The van der Waals surface area contributed by atoms with Crippen molar-refractivity contribution in [3.63, 3.8) is 0 Å². The average Bonchev–Trinajstić information content (AvgIpc) is 3.71. The molecule has 0 spiro atoms. The molecule has 3 aromatic carbocycles. The Morgan fingerprint density at radius 2 is 1.69 bits per heavy atom. The van der Waals surface area contributed by atoms with E-state index in [-0.39, 0.29) is 33.9 Å². The number of hydrogen-bond acceptors (Lipinski definition) is 6. The fourth-order valence-corrected chi connectivity index (χ4v) is 8.43. The van der Waals surface area contributed by atoms with E-state index in [2.05, 4.69) is 16.5 Å². The highest BCUT2D eigenvalue weighted by atomic mass is 32.2. The predicted octanol–water partition coefficient (Wildman–Crippen LogP) is 7.48. The summed E-state index contributed by atoms with van der Waals surface area (Å²) in [5, 5.41) is 16.7. The maximum atomic E-state index is 14.2. The second-order valence-corrected chi connectivity index (χ2v) is 15.1. The van der Waals surface area contributed by atoms with Crippen molar-refractivity contribution in [2.45, 2.75) is 83.3 Å². The number of nitrogens with one attached hydrogen (secondary N) is 1. The summed E-state index contributed by atoms with van der Waals surface area (Å²) < 4.78 is 78.8. The van der Waals surface area contributed by atoms with Gasteiger partial charge >= 0.3 is 17.9 Å². The molecule has 2 N–H and O–H groups in total. The topological polar surface area (TPSA) is 152 Å². The lowest BCUT2D eigenvalue weighted by atomic mass is 9.80. The average molecular weight is 761 g/mol. The Morgan fingerprint density at radius 3 is 2.30 bits per heavy atom. The van der Waals surface area contributed by atoms with E-state index in [1.165, 1.54) is 23.0 Å². The van der Waals surface area contributed by atoms with Gasteiger partial charge in [-0.2, -0.15) is 31.9 Å². The van der Waals surface area contributed by atoms with Gasteiger partial charge in [0.15, 0.2) is 0 Å². The van der Waals surface area contributed by atoms with Crippen molar-refractivity contribution in [3.05, 3.63) is 116 Å². The summed E-state index contributed by atoms with van der Waals surface area (Å²) in [6, 6.07) is 15.0. The molecule has 1 amide bonds. The van der Waals surface area contributed by atoms with Crippen molar-refractivity contribution in [1.29, 1.82) is 5.26 Å². The van der Waals surface area contributed by atoms with Gasteiger partial charge in [-0.15, -0.1) is 0 Å². The minimum Gasteiger partial charge on any atom is -0.335 e. The van der Waals surface area contributed by atoms with Crippen molar-refractivity contribution in [2.75, 3.05) is 0 Å². The van der Waals surface area contributed by atoms with E-state index in [0.717, 1.165) is 38.0 Å². The predicted molar refractivity (Wildman–Crippen MR) is 196 cm³/mol. The number of nitriles is 1. The lowest BCUT2D eigenvalue weighted by molar-refractivity contribution is -0.137. The first-order valence-electron chi connectivity index (χ1n) is 17.5. The Labute approximate surface area is 310 Å². The van der Waals surface area contributed by atoms with Gasteiger partial charge in [-0.05, 0) is 142 Å². The normalized spacial score (nSPS) is 16.3. The first kappa shape index (κ1) is 38.3. The van der Waals surface area contributed by atoms with Crippen molar-refractivity contribution in [2.24, 2.45) is 5.92 Å². The molecule has 0 unspecified atom stereocenters. The van der Waals surface area contributed by atoms with Gasteiger partial charge < -0.3 is 5.32 Å². The van der Waals surface area contributed by atoms with Crippen molar-refractivity contribution in [3.8, 4) is 28.8 Å². The van der Waals surface area contributed by atoms with Crippen LogP contribution in [0.2, 0.25) is 0 Å². The molecular weight excluding hydrogens is 722 g/mol. The molecule has 0 bridgehead atoms. The van der Waals surface area contributed by atoms with E-state index < -0.39 is 33.6 Å². The number of benzene rings is 3. The molecule has 0 aliphatic heterocycles. The lowest BCUT2D eigenvalue weighted by Crippen LogP contribution is -2.44. The zero-order valence-electron chi connectivity index (χ0n) is 30.1. The molecule has 1 saturated carbocycles. The van der Waals surface area contributed by atoms with Crippen LogP contribution in [0, 0.1) is 38.0 Å². The molecule has 0 radical (unpaired) electrons. The molecule has 6 rings (SSSR count). The number of hydrogen-bond donors (Lipinski definition) is 2. The summed E-state index contributed by atoms with van der Waals surface area (Å²) in [4.78, 5) is 28.3. The molecular formula is C39H39F3N6O5S.